The molecule has 3 aliphatic carbocycles. The third kappa shape index (κ3) is 2.27. The second-order valence-electron chi connectivity index (χ2n) is 9.39. The summed E-state index contributed by atoms with van der Waals surface area (Å²) in [5.41, 5.74) is 3.37. The Morgan fingerprint density at radius 3 is 2.43 bits per heavy atom. The van der Waals surface area contributed by atoms with Crippen LogP contribution >= 0.6 is 22.6 Å². The lowest BCUT2D eigenvalue weighted by atomic mass is 9.40. The van der Waals surface area contributed by atoms with E-state index in [2.05, 4.69) is 63.3 Å². The number of allylic oxidation sites excluding steroid dienone is 2. The molecule has 0 aromatic heterocycles. The Morgan fingerprint density at radius 1 is 1.05 bits per heavy atom. The molecule has 5 atom stereocenters. The van der Waals surface area contributed by atoms with Crippen LogP contribution in [0.2, 0.25) is 0 Å². The van der Waals surface area contributed by atoms with Gasteiger partial charge in [0.05, 0.1) is 0 Å². The minimum absolute atomic E-state index is 0.554. The minimum atomic E-state index is 0.554. The Bertz CT molecular complexity index is 449. The molecule has 3 aliphatic rings. The van der Waals surface area contributed by atoms with Crippen LogP contribution in [0.1, 0.15) is 73.1 Å². The molecule has 0 radical (unpaired) electrons. The molecule has 1 heteroatoms. The van der Waals surface area contributed by atoms with Crippen LogP contribution in [0.4, 0.5) is 0 Å². The van der Waals surface area contributed by atoms with Crippen molar-refractivity contribution in [2.45, 2.75) is 73.1 Å². The molecule has 0 saturated heterocycles. The number of hydrogen-bond donors (Lipinski definition) is 0. The van der Waals surface area contributed by atoms with E-state index in [9.17, 15) is 0 Å². The molecule has 0 spiro atoms. The molecular formula is C20H33I. The molecule has 0 heterocycles. The van der Waals surface area contributed by atoms with Gasteiger partial charge in [0.25, 0.3) is 0 Å². The van der Waals surface area contributed by atoms with E-state index in [-0.39, 0.29) is 0 Å². The first kappa shape index (κ1) is 16.3. The average molecular weight is 400 g/mol. The van der Waals surface area contributed by atoms with Gasteiger partial charge in [-0.25, -0.2) is 0 Å². The predicted molar refractivity (Wildman–Crippen MR) is 101 cm³/mol. The summed E-state index contributed by atoms with van der Waals surface area (Å²) in [5.74, 6) is 2.67. The van der Waals surface area contributed by atoms with E-state index < -0.39 is 0 Å². The third-order valence-electron chi connectivity index (χ3n) is 8.02. The number of alkyl halides is 1. The quantitative estimate of drug-likeness (QED) is 0.263. The van der Waals surface area contributed by atoms with Crippen molar-refractivity contribution in [3.05, 3.63) is 11.6 Å². The first-order valence-corrected chi connectivity index (χ1v) is 10.5. The molecular weight excluding hydrogens is 367 g/mol. The van der Waals surface area contributed by atoms with Gasteiger partial charge in [0.15, 0.2) is 0 Å². The van der Waals surface area contributed by atoms with Gasteiger partial charge in [-0.05, 0) is 73.0 Å². The summed E-state index contributed by atoms with van der Waals surface area (Å²) in [6.07, 6.45) is 11.2. The SMILES string of the molecule is CC1=CC[C@H]2[C@]3(C)CCCC(C)(C)[C@H]3CC[C@]2(C)[C@H]1CI. The molecule has 2 saturated carbocycles. The van der Waals surface area contributed by atoms with Gasteiger partial charge in [-0.2, -0.15) is 0 Å². The highest BCUT2D eigenvalue weighted by Gasteiger charge is 2.60. The Kier molecular flexibility index (Phi) is 4.08. The Labute approximate surface area is 145 Å². The van der Waals surface area contributed by atoms with Crippen molar-refractivity contribution in [1.82, 2.24) is 0 Å². The number of fused-ring (bicyclic) bond motifs is 3. The van der Waals surface area contributed by atoms with Crippen LogP contribution < -0.4 is 0 Å². The van der Waals surface area contributed by atoms with Gasteiger partial charge < -0.3 is 0 Å². The van der Waals surface area contributed by atoms with Crippen LogP contribution in [0.5, 0.6) is 0 Å². The van der Waals surface area contributed by atoms with E-state index in [4.69, 9.17) is 0 Å². The summed E-state index contributed by atoms with van der Waals surface area (Å²) in [6, 6.07) is 0. The van der Waals surface area contributed by atoms with Crippen LogP contribution in [0.15, 0.2) is 11.6 Å². The van der Waals surface area contributed by atoms with E-state index in [0.717, 1.165) is 17.8 Å². The van der Waals surface area contributed by atoms with E-state index in [0.29, 0.717) is 16.2 Å². The fourth-order valence-electron chi connectivity index (χ4n) is 6.91. The summed E-state index contributed by atoms with van der Waals surface area (Å²) in [4.78, 5) is 0. The molecule has 0 bridgehead atoms. The highest BCUT2D eigenvalue weighted by atomic mass is 127. The lowest BCUT2D eigenvalue weighted by Gasteiger charge is -2.65. The van der Waals surface area contributed by atoms with E-state index in [1.165, 1.54) is 43.0 Å². The summed E-state index contributed by atoms with van der Waals surface area (Å²) in [6.45, 7) is 12.8. The zero-order chi connectivity index (χ0) is 15.5. The minimum Gasteiger partial charge on any atom is -0.0857 e. The number of hydrogen-bond acceptors (Lipinski definition) is 0. The molecule has 0 aromatic rings. The highest BCUT2D eigenvalue weighted by Crippen LogP contribution is 2.68. The standard InChI is InChI=1S/C20H33I/c1-14-7-8-17-19(4,15(14)13-21)12-9-16-18(2,3)10-6-11-20(16,17)5/h7,15-17H,6,8-13H2,1-5H3/t15-,16+,17+,19+,20+/m0/s1. The van der Waals surface area contributed by atoms with Gasteiger partial charge in [0.1, 0.15) is 0 Å². The van der Waals surface area contributed by atoms with E-state index >= 15 is 0 Å². The molecule has 3 rings (SSSR count). The van der Waals surface area contributed by atoms with Gasteiger partial charge in [0, 0.05) is 4.43 Å². The topological polar surface area (TPSA) is 0 Å². The fraction of sp³-hybridized carbons (Fsp3) is 0.900. The third-order valence-corrected chi connectivity index (χ3v) is 8.90. The molecule has 0 N–H and O–H groups in total. The zero-order valence-electron chi connectivity index (χ0n) is 14.6. The highest BCUT2D eigenvalue weighted by molar-refractivity contribution is 14.1. The van der Waals surface area contributed by atoms with Gasteiger partial charge in [0.2, 0.25) is 0 Å². The van der Waals surface area contributed by atoms with Crippen molar-refractivity contribution in [2.75, 3.05) is 4.43 Å². The zero-order valence-corrected chi connectivity index (χ0v) is 16.8. The molecule has 120 valence electrons. The summed E-state index contributed by atoms with van der Waals surface area (Å²) in [7, 11) is 0. The van der Waals surface area contributed by atoms with Gasteiger partial charge in [-0.1, -0.05) is 68.4 Å². The van der Waals surface area contributed by atoms with Crippen LogP contribution in [-0.4, -0.2) is 4.43 Å². The molecule has 2 fully saturated rings. The van der Waals surface area contributed by atoms with Crippen molar-refractivity contribution in [3.63, 3.8) is 0 Å². The van der Waals surface area contributed by atoms with Crippen molar-refractivity contribution in [2.24, 2.45) is 34.0 Å². The Hall–Kier alpha value is 0.470. The lowest BCUT2D eigenvalue weighted by molar-refractivity contribution is -0.142. The second-order valence-corrected chi connectivity index (χ2v) is 10.3. The van der Waals surface area contributed by atoms with Crippen LogP contribution in [-0.2, 0) is 0 Å². The average Bonchev–Trinajstić information content (AvgIpc) is 2.36. The maximum Gasteiger partial charge on any atom is 0.00662 e. The summed E-state index contributed by atoms with van der Waals surface area (Å²) < 4.78 is 1.30. The largest absolute Gasteiger partial charge is 0.0857 e. The first-order chi connectivity index (χ1) is 9.75. The molecule has 21 heavy (non-hydrogen) atoms. The molecule has 0 amide bonds. The maximum absolute atomic E-state index is 2.67. The normalized spacial score (nSPS) is 49.0. The van der Waals surface area contributed by atoms with Crippen molar-refractivity contribution in [3.8, 4) is 0 Å². The van der Waals surface area contributed by atoms with Gasteiger partial charge in [-0.3, -0.25) is 0 Å². The van der Waals surface area contributed by atoms with Crippen molar-refractivity contribution in [1.29, 1.82) is 0 Å². The second kappa shape index (κ2) is 5.24. The van der Waals surface area contributed by atoms with E-state index in [1.54, 1.807) is 5.57 Å². The first-order valence-electron chi connectivity index (χ1n) is 8.98. The fourth-order valence-corrected chi connectivity index (χ4v) is 8.61. The monoisotopic (exact) mass is 400 g/mol. The van der Waals surface area contributed by atoms with Crippen molar-refractivity contribution >= 4 is 22.6 Å². The summed E-state index contributed by atoms with van der Waals surface area (Å²) in [5, 5.41) is 0. The van der Waals surface area contributed by atoms with Gasteiger partial charge in [-0.15, -0.1) is 0 Å². The predicted octanol–water partition coefficient (Wildman–Crippen LogP) is 6.64. The van der Waals surface area contributed by atoms with E-state index in [1.807, 2.05) is 0 Å². The summed E-state index contributed by atoms with van der Waals surface area (Å²) >= 11 is 2.64. The molecule has 0 aliphatic heterocycles. The maximum atomic E-state index is 2.67. The molecule has 0 nitrogen and oxygen atoms in total. The number of halogens is 1. The smallest absolute Gasteiger partial charge is 0.00662 e. The van der Waals surface area contributed by atoms with Crippen LogP contribution in [0.3, 0.4) is 0 Å². The van der Waals surface area contributed by atoms with Crippen LogP contribution in [0.25, 0.3) is 0 Å². The molecule has 0 aromatic carbocycles. The molecule has 0 unspecified atom stereocenters. The Balaban J connectivity index is 2.03. The lowest BCUT2D eigenvalue weighted by Crippen LogP contribution is -2.57. The van der Waals surface area contributed by atoms with Crippen molar-refractivity contribution < 1.29 is 0 Å². The Morgan fingerprint density at radius 2 is 1.76 bits per heavy atom. The number of rotatable bonds is 1. The van der Waals surface area contributed by atoms with Crippen LogP contribution in [0, 0.1) is 34.0 Å². The van der Waals surface area contributed by atoms with Gasteiger partial charge >= 0.3 is 0 Å².